The van der Waals surface area contributed by atoms with Crippen LogP contribution >= 0.6 is 0 Å². The van der Waals surface area contributed by atoms with Crippen LogP contribution in [0.3, 0.4) is 0 Å². The van der Waals surface area contributed by atoms with E-state index in [0.717, 1.165) is 5.56 Å². The van der Waals surface area contributed by atoms with Crippen LogP contribution in [0.15, 0.2) is 46.0 Å². The van der Waals surface area contributed by atoms with Crippen molar-refractivity contribution in [2.45, 2.75) is 20.1 Å². The minimum atomic E-state index is -2.92. The predicted octanol–water partition coefficient (Wildman–Crippen LogP) is 2.81. The number of carbonyl (C=O) groups excluding carboxylic acids is 1. The van der Waals surface area contributed by atoms with Crippen molar-refractivity contribution >= 4 is 11.9 Å². The van der Waals surface area contributed by atoms with Gasteiger partial charge in [0.15, 0.2) is 23.2 Å². The van der Waals surface area contributed by atoms with E-state index in [1.165, 1.54) is 12.3 Å². The number of hydrogen-bond donors (Lipinski definition) is 1. The largest absolute Gasteiger partial charge is 0.490 e. The molecule has 1 aliphatic rings. The molecule has 3 rings (SSSR count). The van der Waals surface area contributed by atoms with Crippen molar-refractivity contribution in [1.29, 1.82) is 0 Å². The Balaban J connectivity index is 1.56. The number of piperazine rings is 1. The number of hydrogen-bond acceptors (Lipinski definition) is 5. The normalized spacial score (nSPS) is 14.7. The minimum Gasteiger partial charge on any atom is -0.490 e. The molecule has 0 spiro atoms. The molecule has 1 amide bonds. The Labute approximate surface area is 179 Å². The lowest BCUT2D eigenvalue weighted by Crippen LogP contribution is -2.53. The number of aliphatic imine (C=N–C) groups is 1. The second kappa shape index (κ2) is 10.6. The molecule has 0 saturated carbocycles. The third kappa shape index (κ3) is 5.87. The molecule has 1 fully saturated rings. The fourth-order valence-electron chi connectivity index (χ4n) is 3.31. The number of benzene rings is 1. The van der Waals surface area contributed by atoms with E-state index in [1.807, 2.05) is 0 Å². The van der Waals surface area contributed by atoms with Gasteiger partial charge in [-0.3, -0.25) is 9.79 Å². The highest BCUT2D eigenvalue weighted by molar-refractivity contribution is 5.91. The van der Waals surface area contributed by atoms with E-state index in [9.17, 15) is 13.6 Å². The molecule has 0 radical (unpaired) electrons. The zero-order valence-corrected chi connectivity index (χ0v) is 17.5. The fourth-order valence-corrected chi connectivity index (χ4v) is 3.31. The van der Waals surface area contributed by atoms with Crippen LogP contribution in [0.4, 0.5) is 8.78 Å². The topological polar surface area (TPSA) is 79.5 Å². The van der Waals surface area contributed by atoms with E-state index >= 15 is 0 Å². The Hall–Kier alpha value is -3.30. The second-order valence-corrected chi connectivity index (χ2v) is 6.75. The van der Waals surface area contributed by atoms with Crippen molar-refractivity contribution in [3.8, 4) is 11.5 Å². The van der Waals surface area contributed by atoms with E-state index in [-0.39, 0.29) is 17.4 Å². The smallest absolute Gasteiger partial charge is 0.387 e. The van der Waals surface area contributed by atoms with Crippen molar-refractivity contribution in [3.63, 3.8) is 0 Å². The summed E-state index contributed by atoms with van der Waals surface area (Å²) in [5.74, 6) is 1.17. The third-order valence-electron chi connectivity index (χ3n) is 4.78. The van der Waals surface area contributed by atoms with Gasteiger partial charge in [0.2, 0.25) is 0 Å². The van der Waals surface area contributed by atoms with E-state index in [0.29, 0.717) is 51.1 Å². The molecule has 31 heavy (non-hydrogen) atoms. The predicted molar refractivity (Wildman–Crippen MR) is 111 cm³/mol. The Kier molecular flexibility index (Phi) is 7.69. The number of furan rings is 1. The maximum Gasteiger partial charge on any atom is 0.387 e. The lowest BCUT2D eigenvalue weighted by molar-refractivity contribution is -0.0514. The second-order valence-electron chi connectivity index (χ2n) is 6.75. The first-order valence-corrected chi connectivity index (χ1v) is 10.0. The van der Waals surface area contributed by atoms with Crippen LogP contribution in [0.5, 0.6) is 11.5 Å². The molecule has 0 atom stereocenters. The summed E-state index contributed by atoms with van der Waals surface area (Å²) in [7, 11) is 1.69. The van der Waals surface area contributed by atoms with Gasteiger partial charge in [0, 0.05) is 39.8 Å². The van der Waals surface area contributed by atoms with Crippen LogP contribution in [-0.4, -0.2) is 68.1 Å². The fraction of sp³-hybridized carbons (Fsp3) is 0.429. The molecular weight excluding hydrogens is 410 g/mol. The molecule has 0 aliphatic carbocycles. The quantitative estimate of drug-likeness (QED) is 0.531. The van der Waals surface area contributed by atoms with Crippen LogP contribution in [0, 0.1) is 0 Å². The molecule has 1 saturated heterocycles. The zero-order valence-electron chi connectivity index (χ0n) is 17.5. The summed E-state index contributed by atoms with van der Waals surface area (Å²) in [4.78, 5) is 20.5. The van der Waals surface area contributed by atoms with E-state index < -0.39 is 6.61 Å². The maximum atomic E-state index is 12.6. The summed E-state index contributed by atoms with van der Waals surface area (Å²) >= 11 is 0. The number of nitrogens with zero attached hydrogens (tertiary/aromatic N) is 3. The van der Waals surface area contributed by atoms with Crippen molar-refractivity contribution in [1.82, 2.24) is 15.1 Å². The summed E-state index contributed by atoms with van der Waals surface area (Å²) in [5.41, 5.74) is 0.831. The van der Waals surface area contributed by atoms with Gasteiger partial charge in [0.05, 0.1) is 12.9 Å². The van der Waals surface area contributed by atoms with E-state index in [2.05, 4.69) is 19.9 Å². The Bertz CT molecular complexity index is 882. The van der Waals surface area contributed by atoms with Crippen molar-refractivity contribution in [3.05, 3.63) is 47.9 Å². The first-order chi connectivity index (χ1) is 15.0. The number of rotatable bonds is 7. The first-order valence-electron chi connectivity index (χ1n) is 10.0. The van der Waals surface area contributed by atoms with Crippen LogP contribution in [0.25, 0.3) is 0 Å². The molecule has 1 aromatic carbocycles. The first kappa shape index (κ1) is 22.4. The lowest BCUT2D eigenvalue weighted by Gasteiger charge is -2.36. The van der Waals surface area contributed by atoms with Crippen LogP contribution < -0.4 is 14.8 Å². The van der Waals surface area contributed by atoms with Gasteiger partial charge in [-0.1, -0.05) is 6.07 Å². The molecule has 2 aromatic rings. The third-order valence-corrected chi connectivity index (χ3v) is 4.78. The van der Waals surface area contributed by atoms with Gasteiger partial charge in [0.1, 0.15) is 0 Å². The molecule has 1 aliphatic heterocycles. The SMILES string of the molecule is CCOc1cc(CNC(=NC)N2CCN(C(=O)c3ccco3)CC2)ccc1OC(F)F. The van der Waals surface area contributed by atoms with Gasteiger partial charge in [-0.25, -0.2) is 0 Å². The molecule has 0 bridgehead atoms. The summed E-state index contributed by atoms with van der Waals surface area (Å²) in [6.07, 6.45) is 1.48. The number of carbonyl (C=O) groups is 1. The van der Waals surface area contributed by atoms with Gasteiger partial charge < -0.3 is 29.0 Å². The standard InChI is InChI=1S/C21H26F2N4O4/c1-3-29-18-13-15(6-7-16(18)31-20(22)23)14-25-21(24-2)27-10-8-26(9-11-27)19(28)17-5-4-12-30-17/h4-7,12-13,20H,3,8-11,14H2,1-2H3,(H,24,25). The van der Waals surface area contributed by atoms with Gasteiger partial charge in [-0.2, -0.15) is 8.78 Å². The van der Waals surface area contributed by atoms with Crippen LogP contribution in [-0.2, 0) is 6.54 Å². The van der Waals surface area contributed by atoms with Crippen molar-refractivity contribution in [2.75, 3.05) is 39.8 Å². The van der Waals surface area contributed by atoms with Crippen molar-refractivity contribution < 1.29 is 27.5 Å². The van der Waals surface area contributed by atoms with E-state index in [1.54, 1.807) is 43.1 Å². The monoisotopic (exact) mass is 436 g/mol. The number of nitrogens with one attached hydrogen (secondary N) is 1. The molecule has 0 unspecified atom stereocenters. The minimum absolute atomic E-state index is 0.00216. The number of amides is 1. The molecule has 2 heterocycles. The molecular formula is C21H26F2N4O4. The molecule has 1 aromatic heterocycles. The highest BCUT2D eigenvalue weighted by atomic mass is 19.3. The summed E-state index contributed by atoms with van der Waals surface area (Å²) < 4.78 is 40.2. The molecule has 10 heteroatoms. The number of ether oxygens (including phenoxy) is 2. The number of alkyl halides is 2. The van der Waals surface area contributed by atoms with Crippen molar-refractivity contribution in [2.24, 2.45) is 4.99 Å². The van der Waals surface area contributed by atoms with E-state index in [4.69, 9.17) is 9.15 Å². The average Bonchev–Trinajstić information content (AvgIpc) is 3.30. The maximum absolute atomic E-state index is 12.6. The Morgan fingerprint density at radius 1 is 1.19 bits per heavy atom. The van der Waals surface area contributed by atoms with Gasteiger partial charge >= 0.3 is 6.61 Å². The molecule has 8 nitrogen and oxygen atoms in total. The highest BCUT2D eigenvalue weighted by Gasteiger charge is 2.25. The summed E-state index contributed by atoms with van der Waals surface area (Å²) in [6.45, 7) is 1.96. The zero-order chi connectivity index (χ0) is 22.2. The van der Waals surface area contributed by atoms with Crippen LogP contribution in [0.1, 0.15) is 23.0 Å². The number of guanidine groups is 1. The van der Waals surface area contributed by atoms with Gasteiger partial charge in [-0.05, 0) is 36.8 Å². The summed E-state index contributed by atoms with van der Waals surface area (Å²) in [6, 6.07) is 8.18. The van der Waals surface area contributed by atoms with Gasteiger partial charge in [-0.15, -0.1) is 0 Å². The Morgan fingerprint density at radius 2 is 1.94 bits per heavy atom. The molecule has 1 N–H and O–H groups in total. The van der Waals surface area contributed by atoms with Gasteiger partial charge in [0.25, 0.3) is 5.91 Å². The Morgan fingerprint density at radius 3 is 2.55 bits per heavy atom. The van der Waals surface area contributed by atoms with Crippen LogP contribution in [0.2, 0.25) is 0 Å². The number of halogens is 2. The average molecular weight is 436 g/mol. The molecule has 168 valence electrons. The summed E-state index contributed by atoms with van der Waals surface area (Å²) in [5, 5.41) is 3.27. The lowest BCUT2D eigenvalue weighted by atomic mass is 10.2. The highest BCUT2D eigenvalue weighted by Crippen LogP contribution is 2.29.